The third-order valence-corrected chi connectivity index (χ3v) is 2.64. The largest absolute Gasteiger partial charge is 0.473 e. The van der Waals surface area contributed by atoms with Crippen molar-refractivity contribution in [2.24, 2.45) is 0 Å². The van der Waals surface area contributed by atoms with Crippen LogP contribution in [-0.4, -0.2) is 24.6 Å². The molecule has 0 aliphatic heterocycles. The van der Waals surface area contributed by atoms with Crippen LogP contribution in [0.5, 0.6) is 5.75 Å². The van der Waals surface area contributed by atoms with Crippen molar-refractivity contribution in [3.63, 3.8) is 0 Å². The summed E-state index contributed by atoms with van der Waals surface area (Å²) in [5, 5.41) is 11.0. The third-order valence-electron chi connectivity index (χ3n) is 2.00. The Bertz CT molecular complexity index is 480. The van der Waals surface area contributed by atoms with Crippen molar-refractivity contribution in [2.45, 2.75) is 5.33 Å². The van der Waals surface area contributed by atoms with Crippen LogP contribution in [0.25, 0.3) is 0 Å². The molecule has 0 spiro atoms. The van der Waals surface area contributed by atoms with Gasteiger partial charge in [0.05, 0.1) is 12.0 Å². The van der Waals surface area contributed by atoms with E-state index < -0.39 is 34.8 Å². The van der Waals surface area contributed by atoms with Gasteiger partial charge in [-0.2, -0.15) is 0 Å². The van der Waals surface area contributed by atoms with Gasteiger partial charge in [-0.25, -0.2) is 9.18 Å². The second-order valence-electron chi connectivity index (χ2n) is 3.18. The average Bonchev–Trinajstić information content (AvgIpc) is 2.35. The molecule has 0 amide bonds. The SMILES string of the molecule is COC(=O)COc1c(F)cc(CBr)cc1[N+](=O)[O-]. The first-order valence-corrected chi connectivity index (χ1v) is 5.84. The maximum absolute atomic E-state index is 13.6. The van der Waals surface area contributed by atoms with Crippen molar-refractivity contribution in [3.05, 3.63) is 33.6 Å². The van der Waals surface area contributed by atoms with Gasteiger partial charge in [-0.15, -0.1) is 0 Å². The predicted octanol–water partition coefficient (Wildman–Crippen LogP) is 2.18. The Balaban J connectivity index is 3.08. The van der Waals surface area contributed by atoms with Crippen LogP contribution in [0.15, 0.2) is 12.1 Å². The quantitative estimate of drug-likeness (QED) is 0.359. The minimum atomic E-state index is -0.900. The van der Waals surface area contributed by atoms with Gasteiger partial charge in [0, 0.05) is 11.4 Å². The summed E-state index contributed by atoms with van der Waals surface area (Å²) in [6.07, 6.45) is 0. The van der Waals surface area contributed by atoms with Gasteiger partial charge in [-0.3, -0.25) is 10.1 Å². The number of esters is 1. The zero-order chi connectivity index (χ0) is 13.7. The Labute approximate surface area is 110 Å². The van der Waals surface area contributed by atoms with Gasteiger partial charge >= 0.3 is 11.7 Å². The Hall–Kier alpha value is -1.70. The van der Waals surface area contributed by atoms with E-state index >= 15 is 0 Å². The molecule has 0 bridgehead atoms. The van der Waals surface area contributed by atoms with E-state index in [1.165, 1.54) is 6.07 Å². The number of carbonyl (C=O) groups is 1. The van der Waals surface area contributed by atoms with Gasteiger partial charge in [-0.1, -0.05) is 15.9 Å². The van der Waals surface area contributed by atoms with E-state index in [1.54, 1.807) is 0 Å². The first-order valence-electron chi connectivity index (χ1n) is 4.72. The lowest BCUT2D eigenvalue weighted by Crippen LogP contribution is -2.14. The van der Waals surface area contributed by atoms with Gasteiger partial charge in [0.2, 0.25) is 5.75 Å². The molecule has 18 heavy (non-hydrogen) atoms. The molecule has 0 atom stereocenters. The van der Waals surface area contributed by atoms with Crippen LogP contribution in [-0.2, 0) is 14.9 Å². The normalized spacial score (nSPS) is 9.94. The fourth-order valence-electron chi connectivity index (χ4n) is 1.18. The summed E-state index contributed by atoms with van der Waals surface area (Å²) in [6.45, 7) is -0.595. The molecule has 1 rings (SSSR count). The van der Waals surface area contributed by atoms with E-state index in [2.05, 4.69) is 20.7 Å². The number of ether oxygens (including phenoxy) is 2. The number of nitro groups is 1. The van der Waals surface area contributed by atoms with Gasteiger partial charge in [0.1, 0.15) is 0 Å². The zero-order valence-electron chi connectivity index (χ0n) is 9.31. The molecule has 0 saturated carbocycles. The van der Waals surface area contributed by atoms with Crippen LogP contribution in [0.2, 0.25) is 0 Å². The number of halogens is 2. The average molecular weight is 322 g/mol. The lowest BCUT2D eigenvalue weighted by atomic mass is 10.2. The molecule has 0 radical (unpaired) electrons. The first-order chi connectivity index (χ1) is 8.49. The second kappa shape index (κ2) is 6.29. The van der Waals surface area contributed by atoms with Crippen molar-refractivity contribution in [2.75, 3.05) is 13.7 Å². The van der Waals surface area contributed by atoms with E-state index in [9.17, 15) is 19.3 Å². The van der Waals surface area contributed by atoms with Crippen molar-refractivity contribution < 1.29 is 23.6 Å². The Kier molecular flexibility index (Phi) is 5.02. The molecule has 0 fully saturated rings. The molecule has 0 aromatic heterocycles. The Morgan fingerprint density at radius 2 is 2.22 bits per heavy atom. The van der Waals surface area contributed by atoms with Crippen LogP contribution in [0.3, 0.4) is 0 Å². The molecule has 1 aromatic carbocycles. The molecule has 0 N–H and O–H groups in total. The smallest absolute Gasteiger partial charge is 0.343 e. The summed E-state index contributed by atoms with van der Waals surface area (Å²) in [5.41, 5.74) is -0.141. The second-order valence-corrected chi connectivity index (χ2v) is 3.74. The van der Waals surface area contributed by atoms with Crippen molar-refractivity contribution in [1.82, 2.24) is 0 Å². The van der Waals surface area contributed by atoms with Crippen molar-refractivity contribution in [1.29, 1.82) is 0 Å². The van der Waals surface area contributed by atoms with Gasteiger partial charge in [-0.05, 0) is 11.6 Å². The standard InChI is InChI=1S/C10H9BrFNO5/c1-17-9(14)5-18-10-7(12)2-6(4-11)3-8(10)13(15)16/h2-3H,4-5H2,1H3. The van der Waals surface area contributed by atoms with E-state index in [0.29, 0.717) is 5.56 Å². The lowest BCUT2D eigenvalue weighted by molar-refractivity contribution is -0.386. The number of nitrogens with zero attached hydrogens (tertiary/aromatic N) is 1. The molecular weight excluding hydrogens is 313 g/mol. The number of hydrogen-bond acceptors (Lipinski definition) is 5. The van der Waals surface area contributed by atoms with E-state index in [-0.39, 0.29) is 5.33 Å². The summed E-state index contributed by atoms with van der Waals surface area (Å²) in [6, 6.07) is 2.26. The highest BCUT2D eigenvalue weighted by molar-refractivity contribution is 9.08. The predicted molar refractivity (Wildman–Crippen MR) is 63.2 cm³/mol. The zero-order valence-corrected chi connectivity index (χ0v) is 10.9. The maximum Gasteiger partial charge on any atom is 0.343 e. The topological polar surface area (TPSA) is 78.7 Å². The van der Waals surface area contributed by atoms with Crippen LogP contribution in [0.4, 0.5) is 10.1 Å². The van der Waals surface area contributed by atoms with E-state index in [1.807, 2.05) is 0 Å². The molecule has 1 aromatic rings. The maximum atomic E-state index is 13.6. The van der Waals surface area contributed by atoms with E-state index in [4.69, 9.17) is 4.74 Å². The fourth-order valence-corrected chi connectivity index (χ4v) is 1.50. The molecule has 0 aliphatic carbocycles. The minimum Gasteiger partial charge on any atom is -0.473 e. The Morgan fingerprint density at radius 1 is 1.56 bits per heavy atom. The number of rotatable bonds is 5. The summed E-state index contributed by atoms with van der Waals surface area (Å²) in [5.74, 6) is -2.23. The summed E-state index contributed by atoms with van der Waals surface area (Å²) < 4.78 is 22.7. The van der Waals surface area contributed by atoms with Gasteiger partial charge < -0.3 is 9.47 Å². The van der Waals surface area contributed by atoms with Crippen LogP contribution >= 0.6 is 15.9 Å². The van der Waals surface area contributed by atoms with Crippen molar-refractivity contribution >= 4 is 27.6 Å². The fraction of sp³-hybridized carbons (Fsp3) is 0.300. The highest BCUT2D eigenvalue weighted by Gasteiger charge is 2.22. The summed E-state index contributed by atoms with van der Waals surface area (Å²) in [4.78, 5) is 20.9. The highest BCUT2D eigenvalue weighted by Crippen LogP contribution is 2.32. The molecule has 0 unspecified atom stereocenters. The monoisotopic (exact) mass is 321 g/mol. The Morgan fingerprint density at radius 3 is 2.72 bits per heavy atom. The minimum absolute atomic E-state index is 0.266. The highest BCUT2D eigenvalue weighted by atomic mass is 79.9. The summed E-state index contributed by atoms with van der Waals surface area (Å²) >= 11 is 3.07. The number of methoxy groups -OCH3 is 1. The number of nitro benzene ring substituents is 1. The molecule has 0 saturated heterocycles. The lowest BCUT2D eigenvalue weighted by Gasteiger charge is -2.07. The molecule has 98 valence electrons. The molecule has 8 heteroatoms. The van der Waals surface area contributed by atoms with Crippen molar-refractivity contribution in [3.8, 4) is 5.75 Å². The van der Waals surface area contributed by atoms with Gasteiger partial charge in [0.15, 0.2) is 12.4 Å². The molecular formula is C10H9BrFNO5. The van der Waals surface area contributed by atoms with Crippen LogP contribution in [0, 0.1) is 15.9 Å². The molecule has 0 aliphatic rings. The van der Waals surface area contributed by atoms with Gasteiger partial charge in [0.25, 0.3) is 0 Å². The molecule has 0 heterocycles. The number of alkyl halides is 1. The number of benzene rings is 1. The number of carbonyl (C=O) groups excluding carboxylic acids is 1. The summed E-state index contributed by atoms with van der Waals surface area (Å²) in [7, 11) is 1.13. The first kappa shape index (κ1) is 14.4. The number of hydrogen-bond donors (Lipinski definition) is 0. The molecule has 6 nitrogen and oxygen atoms in total. The van der Waals surface area contributed by atoms with Crippen LogP contribution < -0.4 is 4.74 Å². The van der Waals surface area contributed by atoms with Crippen LogP contribution in [0.1, 0.15) is 5.56 Å². The van der Waals surface area contributed by atoms with E-state index in [0.717, 1.165) is 13.2 Å². The third kappa shape index (κ3) is 3.39.